The maximum Gasteiger partial charge on any atom is 0.160 e. The minimum absolute atomic E-state index is 0.103. The van der Waals surface area contributed by atoms with E-state index in [-0.39, 0.29) is 22.8 Å². The van der Waals surface area contributed by atoms with E-state index in [1.165, 1.54) is 12.1 Å². The van der Waals surface area contributed by atoms with Gasteiger partial charge in [0.25, 0.3) is 0 Å². The topological polar surface area (TPSA) is 50.1 Å². The van der Waals surface area contributed by atoms with Crippen molar-refractivity contribution in [3.63, 3.8) is 0 Å². The van der Waals surface area contributed by atoms with Gasteiger partial charge in [-0.15, -0.1) is 0 Å². The van der Waals surface area contributed by atoms with Gasteiger partial charge in [0.1, 0.15) is 11.7 Å². The van der Waals surface area contributed by atoms with Crippen LogP contribution in [0.25, 0.3) is 0 Å². The Kier molecular flexibility index (Phi) is 4.18. The van der Waals surface area contributed by atoms with Crippen LogP contribution in [-0.2, 0) is 9.53 Å². The molecule has 0 radical (unpaired) electrons. The molecule has 0 aromatic heterocycles. The first kappa shape index (κ1) is 14.0. The lowest BCUT2D eigenvalue weighted by molar-refractivity contribution is -0.124. The number of halogens is 2. The van der Waals surface area contributed by atoms with E-state index in [4.69, 9.17) is 16.3 Å². The van der Waals surface area contributed by atoms with Crippen molar-refractivity contribution in [1.82, 2.24) is 0 Å². The summed E-state index contributed by atoms with van der Waals surface area (Å²) in [7, 11) is 0. The zero-order chi connectivity index (χ0) is 14.0. The third kappa shape index (κ3) is 2.78. The fourth-order valence-electron chi connectivity index (χ4n) is 2.34. The highest BCUT2D eigenvalue weighted by atomic mass is 35.5. The summed E-state index contributed by atoms with van der Waals surface area (Å²) in [6, 6.07) is 5.67. The lowest BCUT2D eigenvalue weighted by atomic mass is 9.85. The minimum Gasteiger partial charge on any atom is -0.378 e. The molecule has 1 aliphatic heterocycles. The first-order valence-corrected chi connectivity index (χ1v) is 6.42. The predicted molar refractivity (Wildman–Crippen MR) is 68.3 cm³/mol. The van der Waals surface area contributed by atoms with Gasteiger partial charge in [0.05, 0.1) is 12.2 Å². The van der Waals surface area contributed by atoms with E-state index in [0.717, 1.165) is 6.07 Å². The lowest BCUT2D eigenvalue weighted by Crippen LogP contribution is -2.26. The van der Waals surface area contributed by atoms with Gasteiger partial charge in [0, 0.05) is 17.5 Å². The number of Topliss-reactive ketones (excluding diaryl/α,β-unsaturated/α-hetero) is 1. The SMILES string of the molecule is CC1OCCC1C(=O)C(C#N)c1ccc(F)cc1Cl. The average molecular weight is 282 g/mol. The number of hydrogen-bond donors (Lipinski definition) is 0. The molecule has 0 N–H and O–H groups in total. The Hall–Kier alpha value is -1.44. The van der Waals surface area contributed by atoms with Gasteiger partial charge in [0.2, 0.25) is 0 Å². The van der Waals surface area contributed by atoms with Gasteiger partial charge in [-0.2, -0.15) is 5.26 Å². The van der Waals surface area contributed by atoms with Crippen molar-refractivity contribution in [3.05, 3.63) is 34.6 Å². The Bertz CT molecular complexity index is 541. The van der Waals surface area contributed by atoms with E-state index in [9.17, 15) is 14.4 Å². The summed E-state index contributed by atoms with van der Waals surface area (Å²) in [5, 5.41) is 9.33. The van der Waals surface area contributed by atoms with Crippen LogP contribution < -0.4 is 0 Å². The van der Waals surface area contributed by atoms with Crippen LogP contribution in [0.1, 0.15) is 24.8 Å². The fraction of sp³-hybridized carbons (Fsp3) is 0.429. The van der Waals surface area contributed by atoms with Crippen molar-refractivity contribution in [1.29, 1.82) is 5.26 Å². The van der Waals surface area contributed by atoms with Gasteiger partial charge in [0.15, 0.2) is 5.78 Å². The molecule has 1 aromatic carbocycles. The molecule has 0 amide bonds. The van der Waals surface area contributed by atoms with Gasteiger partial charge in [-0.25, -0.2) is 4.39 Å². The summed E-state index contributed by atoms with van der Waals surface area (Å²) in [5.41, 5.74) is 0.356. The molecule has 1 heterocycles. The lowest BCUT2D eigenvalue weighted by Gasteiger charge is -2.17. The standard InChI is InChI=1S/C14H13ClFNO2/c1-8-10(4-5-19-8)14(18)12(7-17)11-3-2-9(16)6-13(11)15/h2-3,6,8,10,12H,4-5H2,1H3. The van der Waals surface area contributed by atoms with E-state index in [1.54, 1.807) is 0 Å². The summed E-state index contributed by atoms with van der Waals surface area (Å²) < 4.78 is 18.3. The molecule has 1 saturated heterocycles. The molecule has 1 fully saturated rings. The highest BCUT2D eigenvalue weighted by Crippen LogP contribution is 2.32. The quantitative estimate of drug-likeness (QED) is 0.855. The Morgan fingerprint density at radius 2 is 2.37 bits per heavy atom. The molecule has 3 atom stereocenters. The third-order valence-corrected chi connectivity index (χ3v) is 3.76. The molecule has 0 spiro atoms. The van der Waals surface area contributed by atoms with Crippen molar-refractivity contribution in [2.75, 3.05) is 6.61 Å². The molecule has 3 unspecified atom stereocenters. The van der Waals surface area contributed by atoms with Gasteiger partial charge >= 0.3 is 0 Å². The molecule has 0 saturated carbocycles. The van der Waals surface area contributed by atoms with E-state index >= 15 is 0 Å². The van der Waals surface area contributed by atoms with Crippen molar-refractivity contribution in [2.24, 2.45) is 5.92 Å². The highest BCUT2D eigenvalue weighted by molar-refractivity contribution is 6.31. The van der Waals surface area contributed by atoms with Crippen LogP contribution >= 0.6 is 11.6 Å². The number of ether oxygens (including phenoxy) is 1. The predicted octanol–water partition coefficient (Wildman–Crippen LogP) is 3.08. The smallest absolute Gasteiger partial charge is 0.160 e. The number of nitriles is 1. The maximum absolute atomic E-state index is 13.0. The van der Waals surface area contributed by atoms with Crippen molar-refractivity contribution in [2.45, 2.75) is 25.4 Å². The minimum atomic E-state index is -0.970. The number of ketones is 1. The van der Waals surface area contributed by atoms with Crippen LogP contribution in [0.5, 0.6) is 0 Å². The molecular formula is C14H13ClFNO2. The van der Waals surface area contributed by atoms with Crippen LogP contribution in [0, 0.1) is 23.1 Å². The van der Waals surface area contributed by atoms with Crippen LogP contribution in [-0.4, -0.2) is 18.5 Å². The largest absolute Gasteiger partial charge is 0.378 e. The summed E-state index contributed by atoms with van der Waals surface area (Å²) >= 11 is 5.92. The molecule has 1 aliphatic rings. The molecule has 5 heteroatoms. The monoisotopic (exact) mass is 281 g/mol. The van der Waals surface area contributed by atoms with Crippen molar-refractivity contribution in [3.8, 4) is 6.07 Å². The molecule has 3 nitrogen and oxygen atoms in total. The molecule has 2 rings (SSSR count). The summed E-state index contributed by atoms with van der Waals surface area (Å²) in [4.78, 5) is 12.4. The second-order valence-electron chi connectivity index (χ2n) is 4.60. The molecular weight excluding hydrogens is 269 g/mol. The number of carbonyl (C=O) groups is 1. The number of benzene rings is 1. The molecule has 100 valence electrons. The normalized spacial score (nSPS) is 23.9. The number of nitrogens with zero attached hydrogens (tertiary/aromatic N) is 1. The Morgan fingerprint density at radius 1 is 1.63 bits per heavy atom. The highest BCUT2D eigenvalue weighted by Gasteiger charge is 2.36. The van der Waals surface area contributed by atoms with E-state index in [1.807, 2.05) is 13.0 Å². The summed E-state index contributed by atoms with van der Waals surface area (Å²) in [5.74, 6) is -1.97. The third-order valence-electron chi connectivity index (χ3n) is 3.43. The first-order chi connectivity index (χ1) is 9.04. The van der Waals surface area contributed by atoms with Crippen molar-refractivity contribution < 1.29 is 13.9 Å². The Morgan fingerprint density at radius 3 is 2.89 bits per heavy atom. The number of carbonyl (C=O) groups excluding carboxylic acids is 1. The molecule has 0 aliphatic carbocycles. The molecule has 0 bridgehead atoms. The Labute approximate surface area is 115 Å². The zero-order valence-corrected chi connectivity index (χ0v) is 11.2. The zero-order valence-electron chi connectivity index (χ0n) is 10.4. The van der Waals surface area contributed by atoms with E-state index < -0.39 is 11.7 Å². The Balaban J connectivity index is 2.29. The maximum atomic E-state index is 13.0. The van der Waals surface area contributed by atoms with E-state index in [0.29, 0.717) is 18.6 Å². The second kappa shape index (κ2) is 5.68. The van der Waals surface area contributed by atoms with Gasteiger partial charge < -0.3 is 4.74 Å². The molecule has 1 aromatic rings. The summed E-state index contributed by atoms with van der Waals surface area (Å²) in [6.45, 7) is 2.34. The van der Waals surface area contributed by atoms with E-state index in [2.05, 4.69) is 0 Å². The van der Waals surface area contributed by atoms with Crippen LogP contribution in [0.2, 0.25) is 5.02 Å². The van der Waals surface area contributed by atoms with Gasteiger partial charge in [-0.3, -0.25) is 4.79 Å². The average Bonchev–Trinajstić information content (AvgIpc) is 2.78. The summed E-state index contributed by atoms with van der Waals surface area (Å²) in [6.07, 6.45) is 0.416. The van der Waals surface area contributed by atoms with Crippen LogP contribution in [0.4, 0.5) is 4.39 Å². The first-order valence-electron chi connectivity index (χ1n) is 6.04. The van der Waals surface area contributed by atoms with Crippen LogP contribution in [0.3, 0.4) is 0 Å². The second-order valence-corrected chi connectivity index (χ2v) is 5.01. The fourth-order valence-corrected chi connectivity index (χ4v) is 2.62. The van der Waals surface area contributed by atoms with Crippen LogP contribution in [0.15, 0.2) is 18.2 Å². The molecule has 19 heavy (non-hydrogen) atoms. The van der Waals surface area contributed by atoms with Crippen molar-refractivity contribution >= 4 is 17.4 Å². The number of hydrogen-bond acceptors (Lipinski definition) is 3. The number of rotatable bonds is 3. The van der Waals surface area contributed by atoms with Gasteiger partial charge in [-0.1, -0.05) is 17.7 Å². The van der Waals surface area contributed by atoms with Gasteiger partial charge in [-0.05, 0) is 31.0 Å².